The molecule has 2 aromatic rings. The average Bonchev–Trinajstić information content (AvgIpc) is 3.07. The van der Waals surface area contributed by atoms with Gasteiger partial charge >= 0.3 is 0 Å². The summed E-state index contributed by atoms with van der Waals surface area (Å²) >= 11 is 1.01. The third-order valence-corrected chi connectivity index (χ3v) is 5.81. The van der Waals surface area contributed by atoms with Crippen molar-refractivity contribution in [3.8, 4) is 17.2 Å². The fraction of sp³-hybridized carbons (Fsp3) is 0.286. The van der Waals surface area contributed by atoms with E-state index >= 15 is 0 Å². The number of nitrogens with zero attached hydrogens (tertiary/aromatic N) is 1. The first-order chi connectivity index (χ1) is 14.5. The molecule has 2 aliphatic rings. The number of carbonyl (C=O) groups is 3. The smallest absolute Gasteiger partial charge is 0.286 e. The van der Waals surface area contributed by atoms with Gasteiger partial charge in [-0.1, -0.05) is 30.0 Å². The van der Waals surface area contributed by atoms with Gasteiger partial charge in [0.25, 0.3) is 11.1 Å². The topological polar surface area (TPSA) is 94.2 Å². The number of methoxy groups -OCH3 is 1. The van der Waals surface area contributed by atoms with Crippen molar-refractivity contribution in [2.24, 2.45) is 0 Å². The number of benzene rings is 2. The highest BCUT2D eigenvalue weighted by atomic mass is 32.2. The van der Waals surface area contributed by atoms with Crippen molar-refractivity contribution >= 4 is 28.8 Å². The molecule has 0 aliphatic carbocycles. The molecule has 2 aliphatic heterocycles. The van der Waals surface area contributed by atoms with Crippen LogP contribution in [0.3, 0.4) is 0 Å². The SMILES string of the molecule is COc1cccc2c1C(=O)N(CCOc1ccc(CC3SC(=O)NC3=O)cc1)CO2. The molecule has 1 saturated heterocycles. The van der Waals surface area contributed by atoms with E-state index in [9.17, 15) is 14.4 Å². The minimum atomic E-state index is -0.394. The molecule has 0 aromatic heterocycles. The molecule has 8 nitrogen and oxygen atoms in total. The predicted octanol–water partition coefficient (Wildman–Crippen LogP) is 2.46. The van der Waals surface area contributed by atoms with E-state index in [4.69, 9.17) is 14.2 Å². The summed E-state index contributed by atoms with van der Waals surface area (Å²) in [6.45, 7) is 0.814. The molecule has 0 radical (unpaired) electrons. The number of rotatable bonds is 7. The van der Waals surface area contributed by atoms with Gasteiger partial charge in [0, 0.05) is 0 Å². The van der Waals surface area contributed by atoms with Crippen molar-refractivity contribution in [3.05, 3.63) is 53.6 Å². The summed E-state index contributed by atoms with van der Waals surface area (Å²) in [7, 11) is 1.52. The largest absolute Gasteiger partial charge is 0.496 e. The van der Waals surface area contributed by atoms with Crippen LogP contribution in [0.1, 0.15) is 15.9 Å². The molecule has 3 amide bonds. The number of hydrogen-bond donors (Lipinski definition) is 1. The first-order valence-electron chi connectivity index (χ1n) is 9.37. The molecule has 30 heavy (non-hydrogen) atoms. The Morgan fingerprint density at radius 2 is 1.97 bits per heavy atom. The second kappa shape index (κ2) is 8.66. The lowest BCUT2D eigenvalue weighted by Gasteiger charge is -2.29. The van der Waals surface area contributed by atoms with Crippen LogP contribution in [0.25, 0.3) is 0 Å². The molecule has 0 bridgehead atoms. The Balaban J connectivity index is 1.30. The van der Waals surface area contributed by atoms with Crippen LogP contribution in [-0.2, 0) is 11.2 Å². The Morgan fingerprint density at radius 3 is 2.67 bits per heavy atom. The van der Waals surface area contributed by atoms with E-state index in [0.29, 0.717) is 42.4 Å². The zero-order valence-electron chi connectivity index (χ0n) is 16.3. The molecule has 0 saturated carbocycles. The maximum Gasteiger partial charge on any atom is 0.286 e. The Morgan fingerprint density at radius 1 is 1.17 bits per heavy atom. The number of amides is 3. The summed E-state index contributed by atoms with van der Waals surface area (Å²) in [4.78, 5) is 37.2. The molecule has 1 N–H and O–H groups in total. The highest BCUT2D eigenvalue weighted by Crippen LogP contribution is 2.32. The van der Waals surface area contributed by atoms with Crippen molar-refractivity contribution < 1.29 is 28.6 Å². The summed E-state index contributed by atoms with van der Waals surface area (Å²) in [5, 5.41) is 1.59. The summed E-state index contributed by atoms with van der Waals surface area (Å²) in [5.74, 6) is 1.24. The molecule has 156 valence electrons. The molecular weight excluding hydrogens is 408 g/mol. The molecule has 1 fully saturated rings. The maximum atomic E-state index is 12.7. The second-order valence-corrected chi connectivity index (χ2v) is 7.93. The van der Waals surface area contributed by atoms with E-state index in [-0.39, 0.29) is 23.8 Å². The lowest BCUT2D eigenvalue weighted by Crippen LogP contribution is -2.41. The van der Waals surface area contributed by atoms with Crippen molar-refractivity contribution in [2.45, 2.75) is 11.7 Å². The minimum Gasteiger partial charge on any atom is -0.496 e. The zero-order valence-corrected chi connectivity index (χ0v) is 17.1. The summed E-state index contributed by atoms with van der Waals surface area (Å²) < 4.78 is 16.7. The fourth-order valence-corrected chi connectivity index (χ4v) is 4.14. The molecule has 4 rings (SSSR count). The van der Waals surface area contributed by atoms with Crippen LogP contribution in [0.5, 0.6) is 17.2 Å². The van der Waals surface area contributed by atoms with Crippen LogP contribution in [0.4, 0.5) is 4.79 Å². The number of thioether (sulfide) groups is 1. The van der Waals surface area contributed by atoms with Gasteiger partial charge < -0.3 is 19.1 Å². The Hall–Kier alpha value is -3.20. The molecule has 1 unspecified atom stereocenters. The number of imide groups is 1. The second-order valence-electron chi connectivity index (χ2n) is 6.76. The van der Waals surface area contributed by atoms with Crippen molar-refractivity contribution in [1.82, 2.24) is 10.2 Å². The van der Waals surface area contributed by atoms with Crippen molar-refractivity contribution in [2.75, 3.05) is 27.0 Å². The molecular formula is C21H20N2O6S. The average molecular weight is 428 g/mol. The number of fused-ring (bicyclic) bond motifs is 1. The molecule has 2 heterocycles. The van der Waals surface area contributed by atoms with E-state index in [0.717, 1.165) is 17.3 Å². The molecule has 1 atom stereocenters. The Bertz CT molecular complexity index is 964. The van der Waals surface area contributed by atoms with Crippen LogP contribution in [0.15, 0.2) is 42.5 Å². The quantitative estimate of drug-likeness (QED) is 0.724. The highest BCUT2D eigenvalue weighted by Gasteiger charge is 2.31. The van der Waals surface area contributed by atoms with Gasteiger partial charge in [0.1, 0.15) is 29.4 Å². The van der Waals surface area contributed by atoms with E-state index in [1.807, 2.05) is 24.3 Å². The van der Waals surface area contributed by atoms with Gasteiger partial charge in [-0.05, 0) is 36.2 Å². The molecule has 9 heteroatoms. The van der Waals surface area contributed by atoms with E-state index in [1.165, 1.54) is 7.11 Å². The Kier molecular flexibility index (Phi) is 5.80. The van der Waals surface area contributed by atoms with Crippen LogP contribution in [0.2, 0.25) is 0 Å². The standard InChI is InChI=1S/C21H20N2O6S/c1-27-15-3-2-4-16-18(15)20(25)23(12-29-16)9-10-28-14-7-5-13(6-8-14)11-17-19(24)22-21(26)30-17/h2-8,17H,9-12H2,1H3,(H,22,24,26). The number of carbonyl (C=O) groups excluding carboxylic acids is 3. The van der Waals surface area contributed by atoms with Gasteiger partial charge in [-0.2, -0.15) is 0 Å². The van der Waals surface area contributed by atoms with Gasteiger partial charge in [0.15, 0.2) is 6.73 Å². The number of nitrogens with one attached hydrogen (secondary N) is 1. The van der Waals surface area contributed by atoms with Crippen molar-refractivity contribution in [3.63, 3.8) is 0 Å². The van der Waals surface area contributed by atoms with Crippen LogP contribution >= 0.6 is 11.8 Å². The Labute approximate surface area is 177 Å². The highest BCUT2D eigenvalue weighted by molar-refractivity contribution is 8.15. The van der Waals surface area contributed by atoms with E-state index in [2.05, 4.69) is 5.32 Å². The van der Waals surface area contributed by atoms with Crippen LogP contribution in [-0.4, -0.2) is 54.2 Å². The summed E-state index contributed by atoms with van der Waals surface area (Å²) in [6.07, 6.45) is 0.476. The third-order valence-electron chi connectivity index (χ3n) is 4.83. The molecule has 2 aromatic carbocycles. The van der Waals surface area contributed by atoms with Crippen LogP contribution in [0, 0.1) is 0 Å². The zero-order chi connectivity index (χ0) is 21.1. The first-order valence-corrected chi connectivity index (χ1v) is 10.3. The van der Waals surface area contributed by atoms with E-state index < -0.39 is 5.25 Å². The lowest BCUT2D eigenvalue weighted by molar-refractivity contribution is -0.118. The number of ether oxygens (including phenoxy) is 3. The minimum absolute atomic E-state index is 0.154. The third kappa shape index (κ3) is 4.20. The summed E-state index contributed by atoms with van der Waals surface area (Å²) in [6, 6.07) is 12.6. The van der Waals surface area contributed by atoms with Gasteiger partial charge in [0.2, 0.25) is 5.91 Å². The lowest BCUT2D eigenvalue weighted by atomic mass is 10.1. The normalized spacial score (nSPS) is 18.0. The van der Waals surface area contributed by atoms with Gasteiger partial charge in [0.05, 0.1) is 18.9 Å². The first kappa shape index (κ1) is 20.1. The van der Waals surface area contributed by atoms with Crippen LogP contribution < -0.4 is 19.5 Å². The van der Waals surface area contributed by atoms with Gasteiger partial charge in [-0.25, -0.2) is 0 Å². The van der Waals surface area contributed by atoms with Gasteiger partial charge in [-0.3, -0.25) is 19.7 Å². The number of hydrogen-bond acceptors (Lipinski definition) is 7. The van der Waals surface area contributed by atoms with E-state index in [1.54, 1.807) is 23.1 Å². The predicted molar refractivity (Wildman–Crippen MR) is 110 cm³/mol. The summed E-state index contributed by atoms with van der Waals surface area (Å²) in [5.41, 5.74) is 1.36. The molecule has 0 spiro atoms. The monoisotopic (exact) mass is 428 g/mol. The van der Waals surface area contributed by atoms with Gasteiger partial charge in [-0.15, -0.1) is 0 Å². The van der Waals surface area contributed by atoms with Crippen molar-refractivity contribution in [1.29, 1.82) is 0 Å². The fourth-order valence-electron chi connectivity index (χ4n) is 3.28. The maximum absolute atomic E-state index is 12.7.